The molecule has 0 saturated carbocycles. The van der Waals surface area contributed by atoms with Crippen LogP contribution in [0.15, 0.2) is 41.3 Å². The fourth-order valence-corrected chi connectivity index (χ4v) is 4.12. The third-order valence-electron chi connectivity index (χ3n) is 3.44. The standard InChI is InChI=1S/C15H13Cl2N3O5S/c1-9-6-10(20(22)23)2-5-14(9)19(8-15(18)21)26(24,25)11-3-4-12(16)13(17)7-11/h2-7H,8H2,1H3,(H2,18,21). The number of non-ortho nitro benzene ring substituents is 1. The Bertz CT molecular complexity index is 995. The molecule has 0 aliphatic carbocycles. The summed E-state index contributed by atoms with van der Waals surface area (Å²) in [7, 11) is -4.22. The SMILES string of the molecule is Cc1cc([N+](=O)[O-])ccc1N(CC(N)=O)S(=O)(=O)c1ccc(Cl)c(Cl)c1. The molecule has 0 saturated heterocycles. The van der Waals surface area contributed by atoms with Gasteiger partial charge in [0.1, 0.15) is 6.54 Å². The summed E-state index contributed by atoms with van der Waals surface area (Å²) in [5, 5.41) is 11.1. The molecule has 2 aromatic carbocycles. The molecule has 2 N–H and O–H groups in total. The first-order chi connectivity index (χ1) is 12.0. The molecule has 138 valence electrons. The van der Waals surface area contributed by atoms with Crippen LogP contribution < -0.4 is 10.0 Å². The molecule has 0 spiro atoms. The molecule has 26 heavy (non-hydrogen) atoms. The summed E-state index contributed by atoms with van der Waals surface area (Å²) < 4.78 is 26.7. The van der Waals surface area contributed by atoms with Crippen molar-refractivity contribution >= 4 is 50.5 Å². The lowest BCUT2D eigenvalue weighted by Crippen LogP contribution is -2.39. The normalized spacial score (nSPS) is 11.2. The topological polar surface area (TPSA) is 124 Å². The molecular weight excluding hydrogens is 405 g/mol. The van der Waals surface area contributed by atoms with Crippen LogP contribution in [0.25, 0.3) is 0 Å². The Morgan fingerprint density at radius 3 is 2.35 bits per heavy atom. The van der Waals surface area contributed by atoms with E-state index in [1.165, 1.54) is 31.2 Å². The van der Waals surface area contributed by atoms with E-state index in [1.54, 1.807) is 0 Å². The second kappa shape index (κ2) is 7.48. The minimum Gasteiger partial charge on any atom is -0.368 e. The molecule has 8 nitrogen and oxygen atoms in total. The second-order valence-electron chi connectivity index (χ2n) is 5.28. The summed E-state index contributed by atoms with van der Waals surface area (Å²) in [4.78, 5) is 21.5. The molecule has 2 rings (SSSR count). The number of nitro groups is 1. The first-order valence-electron chi connectivity index (χ1n) is 7.05. The fraction of sp³-hybridized carbons (Fsp3) is 0.133. The van der Waals surface area contributed by atoms with E-state index in [9.17, 15) is 23.3 Å². The van der Waals surface area contributed by atoms with E-state index in [4.69, 9.17) is 28.9 Å². The lowest BCUT2D eigenvalue weighted by Gasteiger charge is -2.24. The maximum atomic E-state index is 13.0. The first kappa shape index (κ1) is 20.0. The van der Waals surface area contributed by atoms with Gasteiger partial charge in [-0.3, -0.25) is 19.2 Å². The summed E-state index contributed by atoms with van der Waals surface area (Å²) in [5.41, 5.74) is 5.34. The second-order valence-corrected chi connectivity index (χ2v) is 7.96. The van der Waals surface area contributed by atoms with E-state index in [-0.39, 0.29) is 31.9 Å². The van der Waals surface area contributed by atoms with Crippen LogP contribution in [0.3, 0.4) is 0 Å². The molecule has 0 aliphatic heterocycles. The Kier molecular flexibility index (Phi) is 5.74. The molecule has 0 bridgehead atoms. The van der Waals surface area contributed by atoms with Crippen LogP contribution in [-0.4, -0.2) is 25.8 Å². The highest BCUT2D eigenvalue weighted by atomic mass is 35.5. The summed E-state index contributed by atoms with van der Waals surface area (Å²) in [6, 6.07) is 7.27. The van der Waals surface area contributed by atoms with Gasteiger partial charge in [0.05, 0.1) is 25.6 Å². The number of primary amides is 1. The van der Waals surface area contributed by atoms with Gasteiger partial charge in [0.2, 0.25) is 5.91 Å². The zero-order valence-electron chi connectivity index (χ0n) is 13.3. The summed E-state index contributed by atoms with van der Waals surface area (Å²) in [6.07, 6.45) is 0. The monoisotopic (exact) mass is 417 g/mol. The quantitative estimate of drug-likeness (QED) is 0.571. The van der Waals surface area contributed by atoms with Crippen molar-refractivity contribution in [3.05, 3.63) is 62.1 Å². The lowest BCUT2D eigenvalue weighted by molar-refractivity contribution is -0.384. The highest BCUT2D eigenvalue weighted by molar-refractivity contribution is 7.92. The van der Waals surface area contributed by atoms with E-state index in [0.29, 0.717) is 0 Å². The number of hydrogen-bond donors (Lipinski definition) is 1. The molecule has 0 unspecified atom stereocenters. The predicted molar refractivity (Wildman–Crippen MR) is 98.0 cm³/mol. The number of aryl methyl sites for hydroxylation is 1. The van der Waals surface area contributed by atoms with Crippen LogP contribution >= 0.6 is 23.2 Å². The average Bonchev–Trinajstić information content (AvgIpc) is 2.55. The minimum atomic E-state index is -4.22. The van der Waals surface area contributed by atoms with E-state index in [2.05, 4.69) is 0 Å². The molecule has 0 aromatic heterocycles. The van der Waals surface area contributed by atoms with Gasteiger partial charge >= 0.3 is 0 Å². The molecule has 0 atom stereocenters. The first-order valence-corrected chi connectivity index (χ1v) is 9.24. The van der Waals surface area contributed by atoms with Crippen LogP contribution in [0.5, 0.6) is 0 Å². The molecule has 0 fully saturated rings. The number of nitrogens with zero attached hydrogens (tertiary/aromatic N) is 2. The Balaban J connectivity index is 2.62. The Morgan fingerprint density at radius 1 is 1.19 bits per heavy atom. The predicted octanol–water partition coefficient (Wildman–Crippen LogP) is 2.89. The van der Waals surface area contributed by atoms with Crippen molar-refractivity contribution < 1.29 is 18.1 Å². The zero-order valence-corrected chi connectivity index (χ0v) is 15.7. The van der Waals surface area contributed by atoms with E-state index < -0.39 is 27.4 Å². The van der Waals surface area contributed by atoms with Crippen molar-refractivity contribution in [1.29, 1.82) is 0 Å². The molecule has 1 amide bonds. The molecule has 0 heterocycles. The highest BCUT2D eigenvalue weighted by Gasteiger charge is 2.28. The van der Waals surface area contributed by atoms with E-state index >= 15 is 0 Å². The van der Waals surface area contributed by atoms with Gasteiger partial charge in [0.15, 0.2) is 0 Å². The van der Waals surface area contributed by atoms with Gasteiger partial charge in [-0.25, -0.2) is 8.42 Å². The maximum Gasteiger partial charge on any atom is 0.269 e. The lowest BCUT2D eigenvalue weighted by atomic mass is 10.2. The van der Waals surface area contributed by atoms with E-state index in [1.807, 2.05) is 0 Å². The van der Waals surface area contributed by atoms with Crippen molar-refractivity contribution in [3.8, 4) is 0 Å². The molecule has 0 radical (unpaired) electrons. The summed E-state index contributed by atoms with van der Waals surface area (Å²) >= 11 is 11.7. The smallest absolute Gasteiger partial charge is 0.269 e. The summed E-state index contributed by atoms with van der Waals surface area (Å²) in [6.45, 7) is 0.835. The largest absolute Gasteiger partial charge is 0.368 e. The van der Waals surface area contributed by atoms with Gasteiger partial charge in [-0.2, -0.15) is 0 Å². The number of rotatable bonds is 6. The van der Waals surface area contributed by atoms with Gasteiger partial charge in [0.25, 0.3) is 15.7 Å². The van der Waals surface area contributed by atoms with Crippen molar-refractivity contribution in [3.63, 3.8) is 0 Å². The van der Waals surface area contributed by atoms with Gasteiger partial charge in [-0.15, -0.1) is 0 Å². The van der Waals surface area contributed by atoms with E-state index in [0.717, 1.165) is 16.4 Å². The third kappa shape index (κ3) is 4.06. The minimum absolute atomic E-state index is 0.0205. The van der Waals surface area contributed by atoms with Crippen molar-refractivity contribution in [1.82, 2.24) is 0 Å². The van der Waals surface area contributed by atoms with Gasteiger partial charge in [-0.05, 0) is 36.8 Å². The number of benzene rings is 2. The molecule has 11 heteroatoms. The number of anilines is 1. The number of hydrogen-bond acceptors (Lipinski definition) is 5. The maximum absolute atomic E-state index is 13.0. The van der Waals surface area contributed by atoms with Crippen molar-refractivity contribution in [2.75, 3.05) is 10.8 Å². The summed E-state index contributed by atoms with van der Waals surface area (Å²) in [5.74, 6) is -0.897. The zero-order chi connectivity index (χ0) is 19.6. The molecular formula is C15H13Cl2N3O5S. The Labute approximate surface area is 159 Å². The van der Waals surface area contributed by atoms with Crippen LogP contribution in [0, 0.1) is 17.0 Å². The fourth-order valence-electron chi connectivity index (χ4n) is 2.24. The van der Waals surface area contributed by atoms with Gasteiger partial charge < -0.3 is 5.73 Å². The number of nitrogens with two attached hydrogens (primary N) is 1. The number of sulfonamides is 1. The molecule has 0 aliphatic rings. The van der Waals surface area contributed by atoms with Crippen LogP contribution in [0.4, 0.5) is 11.4 Å². The van der Waals surface area contributed by atoms with Crippen LogP contribution in [-0.2, 0) is 14.8 Å². The highest BCUT2D eigenvalue weighted by Crippen LogP contribution is 2.31. The van der Waals surface area contributed by atoms with Gasteiger partial charge in [0, 0.05) is 12.1 Å². The third-order valence-corrected chi connectivity index (χ3v) is 5.93. The Morgan fingerprint density at radius 2 is 1.85 bits per heavy atom. The van der Waals surface area contributed by atoms with Gasteiger partial charge in [-0.1, -0.05) is 23.2 Å². The number of halogens is 2. The Hall–Kier alpha value is -2.36. The van der Waals surface area contributed by atoms with Crippen molar-refractivity contribution in [2.45, 2.75) is 11.8 Å². The molecule has 2 aromatic rings. The van der Waals surface area contributed by atoms with Crippen molar-refractivity contribution in [2.24, 2.45) is 5.73 Å². The average molecular weight is 418 g/mol. The number of nitro benzene ring substituents is 1. The number of carbonyl (C=O) groups is 1. The number of carbonyl (C=O) groups excluding carboxylic acids is 1. The number of amides is 1. The van der Waals surface area contributed by atoms with Crippen LogP contribution in [0.1, 0.15) is 5.56 Å². The van der Waals surface area contributed by atoms with Crippen LogP contribution in [0.2, 0.25) is 10.0 Å².